The molecule has 0 saturated heterocycles. The van der Waals surface area contributed by atoms with Crippen LogP contribution in [-0.2, 0) is 6.61 Å². The van der Waals surface area contributed by atoms with Crippen LogP contribution < -0.4 is 10.5 Å². The van der Waals surface area contributed by atoms with Crippen molar-refractivity contribution in [2.45, 2.75) is 24.9 Å². The molecule has 0 unspecified atom stereocenters. The summed E-state index contributed by atoms with van der Waals surface area (Å²) in [7, 11) is 0. The molecule has 0 amide bonds. The van der Waals surface area contributed by atoms with E-state index < -0.39 is 18.3 Å². The Morgan fingerprint density at radius 2 is 1.59 bits per heavy atom. The zero-order chi connectivity index (χ0) is 16.2. The van der Waals surface area contributed by atoms with Crippen LogP contribution in [0.2, 0.25) is 0 Å². The Hall–Kier alpha value is -2.05. The first-order valence-electron chi connectivity index (χ1n) is 6.65. The van der Waals surface area contributed by atoms with Crippen molar-refractivity contribution in [2.75, 3.05) is 0 Å². The van der Waals surface area contributed by atoms with Crippen molar-refractivity contribution in [3.63, 3.8) is 0 Å². The van der Waals surface area contributed by atoms with E-state index in [1.54, 1.807) is 12.1 Å². The van der Waals surface area contributed by atoms with Gasteiger partial charge in [0.1, 0.15) is 12.4 Å². The van der Waals surface area contributed by atoms with E-state index in [1.807, 2.05) is 30.3 Å². The van der Waals surface area contributed by atoms with Crippen molar-refractivity contribution in [3.05, 3.63) is 65.7 Å². The van der Waals surface area contributed by atoms with Crippen LogP contribution in [0.15, 0.2) is 54.6 Å². The summed E-state index contributed by atoms with van der Waals surface area (Å²) in [4.78, 5) is 0. The summed E-state index contributed by atoms with van der Waals surface area (Å²) < 4.78 is 43.3. The Kier molecular flexibility index (Phi) is 5.05. The molecule has 0 aliphatic carbocycles. The minimum Gasteiger partial charge on any atom is -0.489 e. The molecule has 0 aromatic heterocycles. The highest BCUT2D eigenvalue weighted by atomic mass is 19.4. The fourth-order valence-corrected chi connectivity index (χ4v) is 2.00. The molecule has 0 radical (unpaired) electrons. The summed E-state index contributed by atoms with van der Waals surface area (Å²) in [5.41, 5.74) is 6.54. The molecule has 0 aliphatic rings. The highest BCUT2D eigenvalue weighted by Crippen LogP contribution is 2.33. The Morgan fingerprint density at radius 3 is 2.23 bits per heavy atom. The lowest BCUT2D eigenvalue weighted by molar-refractivity contribution is -0.210. The molecule has 3 nitrogen and oxygen atoms in total. The van der Waals surface area contributed by atoms with Gasteiger partial charge in [-0.3, -0.25) is 0 Å². The van der Waals surface area contributed by atoms with E-state index in [0.717, 1.165) is 5.56 Å². The van der Waals surface area contributed by atoms with Crippen LogP contribution >= 0.6 is 0 Å². The van der Waals surface area contributed by atoms with Crippen LogP contribution in [0.25, 0.3) is 0 Å². The molecule has 0 heterocycles. The topological polar surface area (TPSA) is 55.5 Å². The van der Waals surface area contributed by atoms with Gasteiger partial charge in [0, 0.05) is 5.56 Å². The summed E-state index contributed by atoms with van der Waals surface area (Å²) in [5, 5.41) is 9.31. The number of hydrogen-bond acceptors (Lipinski definition) is 3. The second-order valence-corrected chi connectivity index (χ2v) is 4.82. The number of rotatable bonds is 5. The highest BCUT2D eigenvalue weighted by molar-refractivity contribution is 5.36. The maximum atomic E-state index is 12.6. The second kappa shape index (κ2) is 6.81. The first-order valence-corrected chi connectivity index (χ1v) is 6.65. The molecule has 0 saturated carbocycles. The molecule has 6 heteroatoms. The number of ether oxygens (including phenoxy) is 1. The van der Waals surface area contributed by atoms with Gasteiger partial charge in [0.2, 0.25) is 0 Å². The molecule has 2 aromatic carbocycles. The van der Waals surface area contributed by atoms with E-state index in [2.05, 4.69) is 0 Å². The lowest BCUT2D eigenvalue weighted by Gasteiger charge is -2.23. The van der Waals surface area contributed by atoms with E-state index in [9.17, 15) is 18.3 Å². The number of nitrogens with two attached hydrogens (primary N) is 1. The van der Waals surface area contributed by atoms with Crippen molar-refractivity contribution in [1.82, 2.24) is 0 Å². The fourth-order valence-electron chi connectivity index (χ4n) is 2.00. The highest BCUT2D eigenvalue weighted by Gasteiger charge is 2.43. The number of aliphatic hydroxyl groups is 1. The monoisotopic (exact) mass is 311 g/mol. The standard InChI is InChI=1S/C16H16F3NO2/c17-16(18,19)15(21)14(20)12-8-4-5-9-13(12)22-10-11-6-2-1-3-7-11/h1-9,14-15,21H,10,20H2/t14-,15-/m0/s1. The molecule has 0 aliphatic heterocycles. The molecule has 2 rings (SSSR count). The Bertz CT molecular complexity index is 602. The van der Waals surface area contributed by atoms with Crippen molar-refractivity contribution in [3.8, 4) is 5.75 Å². The third-order valence-electron chi connectivity index (χ3n) is 3.19. The van der Waals surface area contributed by atoms with Crippen molar-refractivity contribution in [2.24, 2.45) is 5.73 Å². The molecule has 118 valence electrons. The molecule has 2 atom stereocenters. The van der Waals surface area contributed by atoms with Crippen LogP contribution in [0.4, 0.5) is 13.2 Å². The molecular formula is C16H16F3NO2. The van der Waals surface area contributed by atoms with Crippen molar-refractivity contribution < 1.29 is 23.0 Å². The van der Waals surface area contributed by atoms with Gasteiger partial charge in [0.15, 0.2) is 6.10 Å². The van der Waals surface area contributed by atoms with Gasteiger partial charge in [0.05, 0.1) is 6.04 Å². The number of halogens is 3. The number of benzene rings is 2. The van der Waals surface area contributed by atoms with Crippen molar-refractivity contribution >= 4 is 0 Å². The summed E-state index contributed by atoms with van der Waals surface area (Å²) >= 11 is 0. The summed E-state index contributed by atoms with van der Waals surface area (Å²) in [6, 6.07) is 13.7. The molecule has 0 spiro atoms. The van der Waals surface area contributed by atoms with Crippen LogP contribution in [-0.4, -0.2) is 17.4 Å². The largest absolute Gasteiger partial charge is 0.489 e. The van der Waals surface area contributed by atoms with Crippen LogP contribution in [0.3, 0.4) is 0 Å². The molecule has 2 aromatic rings. The van der Waals surface area contributed by atoms with Gasteiger partial charge in [-0.2, -0.15) is 13.2 Å². The van der Waals surface area contributed by atoms with Gasteiger partial charge in [-0.05, 0) is 11.6 Å². The maximum Gasteiger partial charge on any atom is 0.416 e. The smallest absolute Gasteiger partial charge is 0.416 e. The fraction of sp³-hybridized carbons (Fsp3) is 0.250. The quantitative estimate of drug-likeness (QED) is 0.891. The molecular weight excluding hydrogens is 295 g/mol. The average Bonchev–Trinajstić information content (AvgIpc) is 2.52. The first-order chi connectivity index (χ1) is 10.4. The van der Waals surface area contributed by atoms with E-state index in [-0.39, 0.29) is 17.9 Å². The lowest BCUT2D eigenvalue weighted by atomic mass is 10.0. The maximum absolute atomic E-state index is 12.6. The second-order valence-electron chi connectivity index (χ2n) is 4.82. The SMILES string of the molecule is N[C@@H](c1ccccc1OCc1ccccc1)[C@H](O)C(F)(F)F. The summed E-state index contributed by atoms with van der Waals surface area (Å²) in [5.74, 6) is 0.224. The normalized spacial score (nSPS) is 14.4. The Balaban J connectivity index is 2.16. The summed E-state index contributed by atoms with van der Waals surface area (Å²) in [6.07, 6.45) is -7.43. The van der Waals surface area contributed by atoms with Gasteiger partial charge >= 0.3 is 6.18 Å². The van der Waals surface area contributed by atoms with Crippen LogP contribution in [0, 0.1) is 0 Å². The predicted molar refractivity (Wildman–Crippen MR) is 76.2 cm³/mol. The number of aliphatic hydroxyl groups excluding tert-OH is 1. The van der Waals surface area contributed by atoms with E-state index in [4.69, 9.17) is 10.5 Å². The average molecular weight is 311 g/mol. The third kappa shape index (κ3) is 3.99. The van der Waals surface area contributed by atoms with Gasteiger partial charge in [0.25, 0.3) is 0 Å². The Morgan fingerprint density at radius 1 is 1.00 bits per heavy atom. The van der Waals surface area contributed by atoms with Gasteiger partial charge in [-0.1, -0.05) is 48.5 Å². The van der Waals surface area contributed by atoms with Crippen LogP contribution in [0.5, 0.6) is 5.75 Å². The van der Waals surface area contributed by atoms with Gasteiger partial charge in [-0.25, -0.2) is 0 Å². The van der Waals surface area contributed by atoms with Crippen molar-refractivity contribution in [1.29, 1.82) is 0 Å². The van der Waals surface area contributed by atoms with Gasteiger partial charge in [-0.15, -0.1) is 0 Å². The number of alkyl halides is 3. The minimum atomic E-state index is -4.79. The van der Waals surface area contributed by atoms with E-state index in [0.29, 0.717) is 0 Å². The van der Waals surface area contributed by atoms with E-state index >= 15 is 0 Å². The number of hydrogen-bond donors (Lipinski definition) is 2. The molecule has 0 bridgehead atoms. The molecule has 22 heavy (non-hydrogen) atoms. The Labute approximate surface area is 126 Å². The van der Waals surface area contributed by atoms with Gasteiger partial charge < -0.3 is 15.6 Å². The molecule has 0 fully saturated rings. The minimum absolute atomic E-state index is 0.114. The van der Waals surface area contributed by atoms with E-state index in [1.165, 1.54) is 12.1 Å². The zero-order valence-electron chi connectivity index (χ0n) is 11.6. The third-order valence-corrected chi connectivity index (χ3v) is 3.19. The first kappa shape index (κ1) is 16.3. The van der Waals surface area contributed by atoms with Crippen LogP contribution in [0.1, 0.15) is 17.2 Å². The summed E-state index contributed by atoms with van der Waals surface area (Å²) in [6.45, 7) is 0.201. The lowest BCUT2D eigenvalue weighted by Crippen LogP contribution is -2.39. The zero-order valence-corrected chi connectivity index (χ0v) is 11.6. The number of para-hydroxylation sites is 1. The molecule has 3 N–H and O–H groups in total. The predicted octanol–water partition coefficient (Wildman–Crippen LogP) is 3.19.